The molecule has 6 heteroatoms. The van der Waals surface area contributed by atoms with Gasteiger partial charge >= 0.3 is 0 Å². The maximum atomic E-state index is 12.2. The fourth-order valence-electron chi connectivity index (χ4n) is 2.41. The van der Waals surface area contributed by atoms with Gasteiger partial charge in [-0.1, -0.05) is 34.1 Å². The van der Waals surface area contributed by atoms with Gasteiger partial charge < -0.3 is 10.6 Å². The van der Waals surface area contributed by atoms with Crippen molar-refractivity contribution in [3.05, 3.63) is 58.1 Å². The average molecular weight is 404 g/mol. The van der Waals surface area contributed by atoms with E-state index in [0.29, 0.717) is 0 Å². The van der Waals surface area contributed by atoms with E-state index < -0.39 is 0 Å². The van der Waals surface area contributed by atoms with Crippen LogP contribution >= 0.6 is 15.9 Å². The van der Waals surface area contributed by atoms with E-state index in [1.807, 2.05) is 56.3 Å². The second kappa shape index (κ2) is 8.78. The Bertz CT molecular complexity index is 777. The van der Waals surface area contributed by atoms with Gasteiger partial charge in [-0.3, -0.25) is 14.5 Å². The number of hydrogen-bond donors (Lipinski definition) is 2. The van der Waals surface area contributed by atoms with Gasteiger partial charge in [-0.05, 0) is 56.3 Å². The van der Waals surface area contributed by atoms with Crippen molar-refractivity contribution in [3.8, 4) is 0 Å². The molecule has 132 valence electrons. The summed E-state index contributed by atoms with van der Waals surface area (Å²) in [5.41, 5.74) is 3.53. The predicted molar refractivity (Wildman–Crippen MR) is 105 cm³/mol. The molecule has 0 saturated carbocycles. The molecule has 25 heavy (non-hydrogen) atoms. The highest BCUT2D eigenvalue weighted by Crippen LogP contribution is 2.20. The van der Waals surface area contributed by atoms with Crippen LogP contribution in [-0.4, -0.2) is 36.9 Å². The van der Waals surface area contributed by atoms with Crippen molar-refractivity contribution in [2.45, 2.75) is 13.8 Å². The molecule has 2 amide bonds. The molecule has 0 aliphatic heterocycles. The molecule has 0 radical (unpaired) electrons. The van der Waals surface area contributed by atoms with Crippen LogP contribution in [0.15, 0.2) is 46.9 Å². The number of nitrogens with zero attached hydrogens (tertiary/aromatic N) is 1. The van der Waals surface area contributed by atoms with Crippen molar-refractivity contribution in [2.24, 2.45) is 0 Å². The summed E-state index contributed by atoms with van der Waals surface area (Å²) in [6, 6.07) is 13.3. The molecule has 2 rings (SSSR count). The van der Waals surface area contributed by atoms with Gasteiger partial charge in [0.05, 0.1) is 13.1 Å². The van der Waals surface area contributed by atoms with Crippen molar-refractivity contribution in [1.29, 1.82) is 0 Å². The Morgan fingerprint density at radius 1 is 0.920 bits per heavy atom. The number of nitrogens with one attached hydrogen (secondary N) is 2. The van der Waals surface area contributed by atoms with E-state index in [0.717, 1.165) is 27.0 Å². The molecule has 2 N–H and O–H groups in total. The van der Waals surface area contributed by atoms with E-state index in [1.54, 1.807) is 11.9 Å². The minimum absolute atomic E-state index is 0.136. The number of likely N-dealkylation sites (N-methyl/N-ethyl adjacent to an activating group) is 1. The zero-order valence-electron chi connectivity index (χ0n) is 14.6. The number of para-hydroxylation sites is 1. The molecule has 5 nitrogen and oxygen atoms in total. The number of rotatable bonds is 6. The molecular weight excluding hydrogens is 382 g/mol. The summed E-state index contributed by atoms with van der Waals surface area (Å²) in [7, 11) is 1.74. The number of hydrogen-bond acceptors (Lipinski definition) is 3. The SMILES string of the molecule is Cc1ccccc1NC(=O)CN(C)CC(=O)Nc1ccc(Br)cc1C. The van der Waals surface area contributed by atoms with Crippen LogP contribution in [0.25, 0.3) is 0 Å². The number of halogens is 1. The lowest BCUT2D eigenvalue weighted by Crippen LogP contribution is -2.36. The molecule has 0 aromatic heterocycles. The third-order valence-corrected chi connectivity index (χ3v) is 4.20. The predicted octanol–water partition coefficient (Wildman–Crippen LogP) is 3.57. The van der Waals surface area contributed by atoms with Crippen LogP contribution < -0.4 is 10.6 Å². The van der Waals surface area contributed by atoms with Crippen LogP contribution in [0.3, 0.4) is 0 Å². The number of carbonyl (C=O) groups is 2. The molecular formula is C19H22BrN3O2. The highest BCUT2D eigenvalue weighted by Gasteiger charge is 2.12. The highest BCUT2D eigenvalue weighted by molar-refractivity contribution is 9.10. The first-order valence-electron chi connectivity index (χ1n) is 7.95. The van der Waals surface area contributed by atoms with Crippen LogP contribution in [-0.2, 0) is 9.59 Å². The molecule has 0 heterocycles. The summed E-state index contributed by atoms with van der Waals surface area (Å²) in [4.78, 5) is 26.0. The monoisotopic (exact) mass is 403 g/mol. The molecule has 0 unspecified atom stereocenters. The van der Waals surface area contributed by atoms with Crippen LogP contribution in [0, 0.1) is 13.8 Å². The van der Waals surface area contributed by atoms with Crippen molar-refractivity contribution in [1.82, 2.24) is 4.90 Å². The lowest BCUT2D eigenvalue weighted by Gasteiger charge is -2.17. The minimum atomic E-state index is -0.156. The second-order valence-electron chi connectivity index (χ2n) is 6.04. The Morgan fingerprint density at radius 2 is 1.48 bits per heavy atom. The maximum Gasteiger partial charge on any atom is 0.238 e. The summed E-state index contributed by atoms with van der Waals surface area (Å²) in [5.74, 6) is -0.305. The summed E-state index contributed by atoms with van der Waals surface area (Å²) >= 11 is 3.40. The standard InChI is InChI=1S/C19H22BrN3O2/c1-13-6-4-5-7-16(13)21-18(24)11-23(3)12-19(25)22-17-9-8-15(20)10-14(17)2/h4-10H,11-12H2,1-3H3,(H,21,24)(H,22,25). The molecule has 0 aliphatic rings. The quantitative estimate of drug-likeness (QED) is 0.774. The van der Waals surface area contributed by atoms with Crippen LogP contribution in [0.2, 0.25) is 0 Å². The fourth-order valence-corrected chi connectivity index (χ4v) is 2.88. The van der Waals surface area contributed by atoms with Crippen molar-refractivity contribution < 1.29 is 9.59 Å². The lowest BCUT2D eigenvalue weighted by atomic mass is 10.2. The first-order chi connectivity index (χ1) is 11.8. The van der Waals surface area contributed by atoms with Crippen LogP contribution in [0.5, 0.6) is 0 Å². The third-order valence-electron chi connectivity index (χ3n) is 3.71. The van der Waals surface area contributed by atoms with Gasteiger partial charge in [-0.25, -0.2) is 0 Å². The smallest absolute Gasteiger partial charge is 0.238 e. The first-order valence-corrected chi connectivity index (χ1v) is 8.74. The summed E-state index contributed by atoms with van der Waals surface area (Å²) in [6.45, 7) is 4.14. The molecule has 2 aromatic rings. The largest absolute Gasteiger partial charge is 0.325 e. The van der Waals surface area contributed by atoms with Gasteiger partial charge in [0.1, 0.15) is 0 Å². The van der Waals surface area contributed by atoms with E-state index in [9.17, 15) is 9.59 Å². The molecule has 2 aromatic carbocycles. The summed E-state index contributed by atoms with van der Waals surface area (Å²) in [6.07, 6.45) is 0. The van der Waals surface area contributed by atoms with E-state index in [-0.39, 0.29) is 24.9 Å². The van der Waals surface area contributed by atoms with Crippen molar-refractivity contribution in [3.63, 3.8) is 0 Å². The molecule has 0 atom stereocenters. The van der Waals surface area contributed by atoms with Gasteiger partial charge in [0.15, 0.2) is 0 Å². The Hall–Kier alpha value is -2.18. The second-order valence-corrected chi connectivity index (χ2v) is 6.96. The first kappa shape index (κ1) is 19.1. The van der Waals surface area contributed by atoms with Gasteiger partial charge in [0.25, 0.3) is 0 Å². The Balaban J connectivity index is 1.84. The van der Waals surface area contributed by atoms with E-state index >= 15 is 0 Å². The lowest BCUT2D eigenvalue weighted by molar-refractivity contribution is -0.119. The number of anilines is 2. The third kappa shape index (κ3) is 5.99. The summed E-state index contributed by atoms with van der Waals surface area (Å²) < 4.78 is 0.966. The van der Waals surface area contributed by atoms with Gasteiger partial charge in [-0.2, -0.15) is 0 Å². The number of aryl methyl sites for hydroxylation is 2. The zero-order valence-corrected chi connectivity index (χ0v) is 16.2. The fraction of sp³-hybridized carbons (Fsp3) is 0.263. The Morgan fingerprint density at radius 3 is 2.04 bits per heavy atom. The molecule has 0 saturated heterocycles. The van der Waals surface area contributed by atoms with Crippen LogP contribution in [0.1, 0.15) is 11.1 Å². The normalized spacial score (nSPS) is 10.6. The highest BCUT2D eigenvalue weighted by atomic mass is 79.9. The molecule has 0 spiro atoms. The van der Waals surface area contributed by atoms with Gasteiger partial charge in [0.2, 0.25) is 11.8 Å². The molecule has 0 aliphatic carbocycles. The zero-order chi connectivity index (χ0) is 18.4. The van der Waals surface area contributed by atoms with E-state index in [2.05, 4.69) is 26.6 Å². The van der Waals surface area contributed by atoms with Gasteiger partial charge in [0, 0.05) is 15.8 Å². The van der Waals surface area contributed by atoms with E-state index in [4.69, 9.17) is 0 Å². The average Bonchev–Trinajstić information content (AvgIpc) is 2.52. The maximum absolute atomic E-state index is 12.2. The Kier molecular flexibility index (Phi) is 6.73. The molecule has 0 bridgehead atoms. The summed E-state index contributed by atoms with van der Waals surface area (Å²) in [5, 5.41) is 5.73. The Labute approximate surface area is 156 Å². The van der Waals surface area contributed by atoms with Crippen molar-refractivity contribution in [2.75, 3.05) is 30.8 Å². The van der Waals surface area contributed by atoms with E-state index in [1.165, 1.54) is 0 Å². The van der Waals surface area contributed by atoms with Crippen LogP contribution in [0.4, 0.5) is 11.4 Å². The van der Waals surface area contributed by atoms with Crippen molar-refractivity contribution >= 4 is 39.1 Å². The number of carbonyl (C=O) groups excluding carboxylic acids is 2. The molecule has 0 fully saturated rings. The topological polar surface area (TPSA) is 61.4 Å². The minimum Gasteiger partial charge on any atom is -0.325 e. The van der Waals surface area contributed by atoms with Gasteiger partial charge in [-0.15, -0.1) is 0 Å². The number of amides is 2. The number of benzene rings is 2.